The molecule has 1 fully saturated rings. The smallest absolute Gasteiger partial charge is 0.257 e. The molecule has 1 amide bonds. The Kier molecular flexibility index (Phi) is 4.45. The molecule has 1 unspecified atom stereocenters. The summed E-state index contributed by atoms with van der Waals surface area (Å²) in [5.41, 5.74) is 8.78. The predicted molar refractivity (Wildman–Crippen MR) is 95.2 cm³/mol. The van der Waals surface area contributed by atoms with Crippen molar-refractivity contribution in [1.82, 2.24) is 14.7 Å². The molecular weight excluding hydrogens is 300 g/mol. The van der Waals surface area contributed by atoms with Crippen molar-refractivity contribution in [3.8, 4) is 5.69 Å². The molecule has 0 radical (unpaired) electrons. The second kappa shape index (κ2) is 6.40. The van der Waals surface area contributed by atoms with Gasteiger partial charge in [0.15, 0.2) is 0 Å². The number of carbonyl (C=O) groups is 1. The summed E-state index contributed by atoms with van der Waals surface area (Å²) in [5, 5.41) is 4.47. The number of aromatic nitrogens is 2. The van der Waals surface area contributed by atoms with E-state index < -0.39 is 0 Å². The first-order chi connectivity index (χ1) is 11.4. The lowest BCUT2D eigenvalue weighted by atomic mass is 9.79. The van der Waals surface area contributed by atoms with Crippen molar-refractivity contribution in [2.45, 2.75) is 39.7 Å². The largest absolute Gasteiger partial charge is 0.338 e. The summed E-state index contributed by atoms with van der Waals surface area (Å²) >= 11 is 0. The van der Waals surface area contributed by atoms with Crippen LogP contribution in [0.1, 0.15) is 43.2 Å². The van der Waals surface area contributed by atoms with Gasteiger partial charge in [0, 0.05) is 19.1 Å². The minimum Gasteiger partial charge on any atom is -0.338 e. The van der Waals surface area contributed by atoms with Gasteiger partial charge in [-0.05, 0) is 30.4 Å². The molecule has 5 heteroatoms. The third-order valence-corrected chi connectivity index (χ3v) is 5.03. The molecule has 1 aromatic carbocycles. The Balaban J connectivity index is 1.90. The van der Waals surface area contributed by atoms with Gasteiger partial charge in [-0.2, -0.15) is 5.10 Å². The monoisotopic (exact) mass is 326 g/mol. The number of amides is 1. The molecule has 1 aliphatic rings. The molecule has 3 rings (SSSR count). The van der Waals surface area contributed by atoms with E-state index in [1.54, 1.807) is 6.20 Å². The average molecular weight is 326 g/mol. The Morgan fingerprint density at radius 1 is 1.33 bits per heavy atom. The van der Waals surface area contributed by atoms with Crippen LogP contribution in [0.4, 0.5) is 0 Å². The van der Waals surface area contributed by atoms with E-state index in [1.807, 2.05) is 39.9 Å². The summed E-state index contributed by atoms with van der Waals surface area (Å²) in [6, 6.07) is 10.1. The van der Waals surface area contributed by atoms with Crippen LogP contribution >= 0.6 is 0 Å². The van der Waals surface area contributed by atoms with Crippen LogP contribution in [0.3, 0.4) is 0 Å². The number of rotatable bonds is 3. The molecule has 5 nitrogen and oxygen atoms in total. The number of para-hydroxylation sites is 1. The summed E-state index contributed by atoms with van der Waals surface area (Å²) < 4.78 is 1.87. The molecule has 1 atom stereocenters. The average Bonchev–Trinajstić information content (AvgIpc) is 3.01. The molecule has 1 saturated heterocycles. The van der Waals surface area contributed by atoms with E-state index in [0.29, 0.717) is 18.7 Å². The van der Waals surface area contributed by atoms with E-state index in [2.05, 4.69) is 25.9 Å². The van der Waals surface area contributed by atoms with Gasteiger partial charge in [-0.15, -0.1) is 0 Å². The van der Waals surface area contributed by atoms with E-state index in [-0.39, 0.29) is 17.4 Å². The molecule has 0 aliphatic carbocycles. The predicted octanol–water partition coefficient (Wildman–Crippen LogP) is 2.63. The SMILES string of the molecule is CCc1c(C(=O)N2CCC(N)C(C)(C)C2)cnn1-c1ccccc1. The minimum absolute atomic E-state index is 0.0598. The van der Waals surface area contributed by atoms with E-state index in [9.17, 15) is 4.79 Å². The van der Waals surface area contributed by atoms with Crippen LogP contribution in [0.25, 0.3) is 5.69 Å². The summed E-state index contributed by atoms with van der Waals surface area (Å²) in [7, 11) is 0. The van der Waals surface area contributed by atoms with Crippen molar-refractivity contribution in [2.75, 3.05) is 13.1 Å². The molecule has 2 heterocycles. The van der Waals surface area contributed by atoms with Crippen molar-refractivity contribution in [3.63, 3.8) is 0 Å². The first-order valence-corrected chi connectivity index (χ1v) is 8.61. The van der Waals surface area contributed by atoms with Gasteiger partial charge in [0.1, 0.15) is 0 Å². The summed E-state index contributed by atoms with van der Waals surface area (Å²) in [5.74, 6) is 0.0639. The highest BCUT2D eigenvalue weighted by atomic mass is 16.2. The Bertz CT molecular complexity index is 720. The summed E-state index contributed by atoms with van der Waals surface area (Å²) in [6.07, 6.45) is 3.30. The molecule has 1 aromatic heterocycles. The standard InChI is InChI=1S/C19H26N4O/c1-4-16-15(12-21-23(16)14-8-6-5-7-9-14)18(24)22-11-10-17(20)19(2,3)13-22/h5-9,12,17H,4,10-11,13,20H2,1-3H3. The molecule has 0 spiro atoms. The minimum atomic E-state index is -0.0598. The molecule has 24 heavy (non-hydrogen) atoms. The fraction of sp³-hybridized carbons (Fsp3) is 0.474. The molecule has 0 saturated carbocycles. The van der Waals surface area contributed by atoms with E-state index >= 15 is 0 Å². The molecule has 1 aliphatic heterocycles. The number of hydrogen-bond acceptors (Lipinski definition) is 3. The Morgan fingerprint density at radius 2 is 2.04 bits per heavy atom. The Morgan fingerprint density at radius 3 is 2.67 bits per heavy atom. The second-order valence-corrected chi connectivity index (χ2v) is 7.22. The fourth-order valence-corrected chi connectivity index (χ4v) is 3.40. The van der Waals surface area contributed by atoms with Gasteiger partial charge in [-0.25, -0.2) is 4.68 Å². The van der Waals surface area contributed by atoms with Gasteiger partial charge in [0.25, 0.3) is 5.91 Å². The Labute approximate surface area is 143 Å². The summed E-state index contributed by atoms with van der Waals surface area (Å²) in [6.45, 7) is 7.72. The lowest BCUT2D eigenvalue weighted by molar-refractivity contribution is 0.0532. The topological polar surface area (TPSA) is 64.2 Å². The van der Waals surface area contributed by atoms with Crippen LogP contribution in [0.2, 0.25) is 0 Å². The van der Waals surface area contributed by atoms with Crippen molar-refractivity contribution in [2.24, 2.45) is 11.1 Å². The zero-order valence-corrected chi connectivity index (χ0v) is 14.7. The number of benzene rings is 1. The zero-order valence-electron chi connectivity index (χ0n) is 14.7. The van der Waals surface area contributed by atoms with Gasteiger partial charge >= 0.3 is 0 Å². The lowest BCUT2D eigenvalue weighted by Crippen LogP contribution is -2.54. The van der Waals surface area contributed by atoms with Crippen LogP contribution in [-0.4, -0.2) is 39.7 Å². The second-order valence-electron chi connectivity index (χ2n) is 7.22. The van der Waals surface area contributed by atoms with Gasteiger partial charge in [-0.3, -0.25) is 4.79 Å². The maximum absolute atomic E-state index is 13.1. The Hall–Kier alpha value is -2.14. The van der Waals surface area contributed by atoms with Crippen LogP contribution in [0.5, 0.6) is 0 Å². The van der Waals surface area contributed by atoms with Crippen LogP contribution in [0.15, 0.2) is 36.5 Å². The summed E-state index contributed by atoms with van der Waals surface area (Å²) in [4.78, 5) is 15.0. The maximum Gasteiger partial charge on any atom is 0.257 e. The molecule has 2 aromatic rings. The van der Waals surface area contributed by atoms with Crippen LogP contribution < -0.4 is 5.73 Å². The molecular formula is C19H26N4O. The first kappa shape index (κ1) is 16.7. The zero-order chi connectivity index (χ0) is 17.3. The van der Waals surface area contributed by atoms with Crippen molar-refractivity contribution < 1.29 is 4.79 Å². The van der Waals surface area contributed by atoms with E-state index in [4.69, 9.17) is 5.73 Å². The van der Waals surface area contributed by atoms with E-state index in [1.165, 1.54) is 0 Å². The number of nitrogens with zero attached hydrogens (tertiary/aromatic N) is 3. The van der Waals surface area contributed by atoms with Crippen molar-refractivity contribution in [3.05, 3.63) is 47.8 Å². The van der Waals surface area contributed by atoms with Crippen molar-refractivity contribution >= 4 is 5.91 Å². The van der Waals surface area contributed by atoms with Gasteiger partial charge in [0.05, 0.1) is 23.1 Å². The highest BCUT2D eigenvalue weighted by Crippen LogP contribution is 2.29. The number of hydrogen-bond donors (Lipinski definition) is 1. The van der Waals surface area contributed by atoms with Crippen LogP contribution in [0, 0.1) is 5.41 Å². The highest BCUT2D eigenvalue weighted by molar-refractivity contribution is 5.95. The maximum atomic E-state index is 13.1. The fourth-order valence-electron chi connectivity index (χ4n) is 3.40. The van der Waals surface area contributed by atoms with Gasteiger partial charge in [-0.1, -0.05) is 39.0 Å². The quantitative estimate of drug-likeness (QED) is 0.943. The molecule has 2 N–H and O–H groups in total. The lowest BCUT2D eigenvalue weighted by Gasteiger charge is -2.42. The number of piperidine rings is 1. The molecule has 0 bridgehead atoms. The third-order valence-electron chi connectivity index (χ3n) is 5.03. The first-order valence-electron chi connectivity index (χ1n) is 8.61. The van der Waals surface area contributed by atoms with Crippen LogP contribution in [-0.2, 0) is 6.42 Å². The normalized spacial score (nSPS) is 20.2. The number of nitrogens with two attached hydrogens (primary N) is 1. The van der Waals surface area contributed by atoms with Gasteiger partial charge < -0.3 is 10.6 Å². The third kappa shape index (κ3) is 2.96. The van der Waals surface area contributed by atoms with E-state index in [0.717, 1.165) is 24.2 Å². The molecule has 128 valence electrons. The van der Waals surface area contributed by atoms with Gasteiger partial charge in [0.2, 0.25) is 0 Å². The number of likely N-dealkylation sites (tertiary alicyclic amines) is 1. The number of carbonyl (C=O) groups excluding carboxylic acids is 1. The highest BCUT2D eigenvalue weighted by Gasteiger charge is 2.36. The van der Waals surface area contributed by atoms with Crippen molar-refractivity contribution in [1.29, 1.82) is 0 Å².